The van der Waals surface area contributed by atoms with Gasteiger partial charge in [-0.05, 0) is 19.9 Å². The quantitative estimate of drug-likeness (QED) is 0.790. The highest BCUT2D eigenvalue weighted by Gasteiger charge is 2.18. The van der Waals surface area contributed by atoms with E-state index in [4.69, 9.17) is 26.3 Å². The first-order chi connectivity index (χ1) is 6.59. The van der Waals surface area contributed by atoms with Crippen molar-refractivity contribution in [3.05, 3.63) is 22.6 Å². The van der Waals surface area contributed by atoms with E-state index in [1.54, 1.807) is 0 Å². The lowest BCUT2D eigenvalue weighted by atomic mass is 10.2. The molecule has 0 bridgehead atoms. The lowest BCUT2D eigenvalue weighted by Gasteiger charge is -1.91. The van der Waals surface area contributed by atoms with Crippen LogP contribution in [0.3, 0.4) is 0 Å². The minimum absolute atomic E-state index is 0.194. The summed E-state index contributed by atoms with van der Waals surface area (Å²) < 4.78 is 10.4. The highest BCUT2D eigenvalue weighted by molar-refractivity contribution is 6.35. The average molecular weight is 213 g/mol. The standard InChI is InChI=1S/C9H9ClN2O2/c1-4-3-6(5(2)13-4)8-7(10)9(11)12-14-8/h3H,1-2H3,(H2,11,12). The number of hydrogen-bond donors (Lipinski definition) is 1. The van der Waals surface area contributed by atoms with Crippen LogP contribution in [0.1, 0.15) is 11.5 Å². The third-order valence-electron chi connectivity index (χ3n) is 1.95. The van der Waals surface area contributed by atoms with E-state index in [0.29, 0.717) is 10.8 Å². The predicted molar refractivity (Wildman–Crippen MR) is 53.1 cm³/mol. The first-order valence-electron chi connectivity index (χ1n) is 4.07. The molecule has 74 valence electrons. The number of furan rings is 1. The maximum atomic E-state index is 5.90. The smallest absolute Gasteiger partial charge is 0.191 e. The van der Waals surface area contributed by atoms with E-state index >= 15 is 0 Å². The molecule has 0 atom stereocenters. The van der Waals surface area contributed by atoms with Crippen molar-refractivity contribution < 1.29 is 8.94 Å². The van der Waals surface area contributed by atoms with E-state index in [9.17, 15) is 0 Å². The molecule has 0 aromatic carbocycles. The monoisotopic (exact) mass is 212 g/mol. The average Bonchev–Trinajstić information content (AvgIpc) is 2.59. The topological polar surface area (TPSA) is 65.2 Å². The first kappa shape index (κ1) is 9.15. The second-order valence-electron chi connectivity index (χ2n) is 3.04. The van der Waals surface area contributed by atoms with Crippen LogP contribution >= 0.6 is 11.6 Å². The summed E-state index contributed by atoms with van der Waals surface area (Å²) >= 11 is 5.90. The van der Waals surface area contributed by atoms with Gasteiger partial charge in [0.15, 0.2) is 11.6 Å². The van der Waals surface area contributed by atoms with Crippen LogP contribution < -0.4 is 5.73 Å². The Morgan fingerprint density at radius 2 is 2.14 bits per heavy atom. The van der Waals surface area contributed by atoms with E-state index < -0.39 is 0 Å². The Bertz CT molecular complexity index is 473. The van der Waals surface area contributed by atoms with Gasteiger partial charge in [0.05, 0.1) is 5.56 Å². The van der Waals surface area contributed by atoms with Gasteiger partial charge in [-0.2, -0.15) is 0 Å². The van der Waals surface area contributed by atoms with Crippen LogP contribution in [-0.4, -0.2) is 5.16 Å². The van der Waals surface area contributed by atoms with Crippen LogP contribution in [0.5, 0.6) is 0 Å². The van der Waals surface area contributed by atoms with E-state index in [2.05, 4.69) is 5.16 Å². The van der Waals surface area contributed by atoms with Gasteiger partial charge >= 0.3 is 0 Å². The van der Waals surface area contributed by atoms with Gasteiger partial charge in [0.2, 0.25) is 0 Å². The molecule has 14 heavy (non-hydrogen) atoms. The maximum Gasteiger partial charge on any atom is 0.191 e. The van der Waals surface area contributed by atoms with Crippen molar-refractivity contribution in [2.75, 3.05) is 5.73 Å². The SMILES string of the molecule is Cc1cc(-c2onc(N)c2Cl)c(C)o1. The van der Waals surface area contributed by atoms with Crippen molar-refractivity contribution in [3.63, 3.8) is 0 Å². The summed E-state index contributed by atoms with van der Waals surface area (Å²) in [5.74, 6) is 2.18. The summed E-state index contributed by atoms with van der Waals surface area (Å²) in [7, 11) is 0. The molecule has 0 aliphatic rings. The van der Waals surface area contributed by atoms with E-state index in [1.807, 2.05) is 19.9 Å². The normalized spacial score (nSPS) is 10.8. The van der Waals surface area contributed by atoms with E-state index in [-0.39, 0.29) is 5.82 Å². The summed E-state index contributed by atoms with van der Waals surface area (Å²) in [5, 5.41) is 3.90. The van der Waals surface area contributed by atoms with Gasteiger partial charge < -0.3 is 14.7 Å². The van der Waals surface area contributed by atoms with Gasteiger partial charge in [-0.3, -0.25) is 0 Å². The number of aryl methyl sites for hydroxylation is 2. The van der Waals surface area contributed by atoms with Gasteiger partial charge in [-0.15, -0.1) is 0 Å². The van der Waals surface area contributed by atoms with E-state index in [0.717, 1.165) is 17.1 Å². The van der Waals surface area contributed by atoms with Crippen molar-refractivity contribution in [2.45, 2.75) is 13.8 Å². The number of rotatable bonds is 1. The molecule has 0 saturated carbocycles. The second kappa shape index (κ2) is 3.06. The zero-order chi connectivity index (χ0) is 10.3. The molecule has 2 N–H and O–H groups in total. The molecule has 0 aliphatic carbocycles. The van der Waals surface area contributed by atoms with Crippen molar-refractivity contribution in [1.29, 1.82) is 0 Å². The Balaban J connectivity index is 2.59. The Labute approximate surface area is 85.6 Å². The zero-order valence-electron chi connectivity index (χ0n) is 7.80. The number of hydrogen-bond acceptors (Lipinski definition) is 4. The largest absolute Gasteiger partial charge is 0.466 e. The lowest BCUT2D eigenvalue weighted by Crippen LogP contribution is -1.83. The van der Waals surface area contributed by atoms with Crippen LogP contribution in [0.4, 0.5) is 5.82 Å². The molecule has 0 aliphatic heterocycles. The summed E-state index contributed by atoms with van der Waals surface area (Å²) in [5.41, 5.74) is 6.26. The summed E-state index contributed by atoms with van der Waals surface area (Å²) in [6.45, 7) is 3.68. The predicted octanol–water partition coefficient (Wildman–Crippen LogP) is 2.79. The minimum atomic E-state index is 0.194. The maximum absolute atomic E-state index is 5.90. The molecule has 2 rings (SSSR count). The van der Waals surface area contributed by atoms with Gasteiger partial charge in [0.1, 0.15) is 16.5 Å². The van der Waals surface area contributed by atoms with Crippen LogP contribution in [0.25, 0.3) is 11.3 Å². The van der Waals surface area contributed by atoms with Crippen LogP contribution in [0.2, 0.25) is 5.02 Å². The Morgan fingerprint density at radius 1 is 1.43 bits per heavy atom. The summed E-state index contributed by atoms with van der Waals surface area (Å²) in [6, 6.07) is 1.83. The highest BCUT2D eigenvalue weighted by Crippen LogP contribution is 2.35. The van der Waals surface area contributed by atoms with Gasteiger partial charge in [0, 0.05) is 0 Å². The molecular formula is C9H9ClN2O2. The molecule has 2 aromatic heterocycles. The second-order valence-corrected chi connectivity index (χ2v) is 3.42. The summed E-state index contributed by atoms with van der Waals surface area (Å²) in [6.07, 6.45) is 0. The lowest BCUT2D eigenvalue weighted by molar-refractivity contribution is 0.434. The number of aromatic nitrogens is 1. The third-order valence-corrected chi connectivity index (χ3v) is 2.31. The Morgan fingerprint density at radius 3 is 2.57 bits per heavy atom. The molecule has 0 radical (unpaired) electrons. The molecular weight excluding hydrogens is 204 g/mol. The van der Waals surface area contributed by atoms with Crippen molar-refractivity contribution >= 4 is 17.4 Å². The molecule has 0 spiro atoms. The van der Waals surface area contributed by atoms with Crippen LogP contribution in [0, 0.1) is 13.8 Å². The van der Waals surface area contributed by atoms with Crippen molar-refractivity contribution in [3.8, 4) is 11.3 Å². The zero-order valence-corrected chi connectivity index (χ0v) is 8.55. The fraction of sp³-hybridized carbons (Fsp3) is 0.222. The minimum Gasteiger partial charge on any atom is -0.466 e. The number of nitrogen functional groups attached to an aromatic ring is 1. The molecule has 2 aromatic rings. The molecule has 5 heteroatoms. The summed E-state index contributed by atoms with van der Waals surface area (Å²) in [4.78, 5) is 0. The fourth-order valence-electron chi connectivity index (χ4n) is 1.31. The molecule has 0 saturated heterocycles. The number of halogens is 1. The van der Waals surface area contributed by atoms with Gasteiger partial charge in [-0.1, -0.05) is 16.8 Å². The van der Waals surface area contributed by atoms with Crippen LogP contribution in [0.15, 0.2) is 15.0 Å². The number of nitrogens with zero attached hydrogens (tertiary/aromatic N) is 1. The molecule has 4 nitrogen and oxygen atoms in total. The van der Waals surface area contributed by atoms with Crippen molar-refractivity contribution in [1.82, 2.24) is 5.16 Å². The van der Waals surface area contributed by atoms with E-state index in [1.165, 1.54) is 0 Å². The van der Waals surface area contributed by atoms with Gasteiger partial charge in [-0.25, -0.2) is 0 Å². The van der Waals surface area contributed by atoms with Gasteiger partial charge in [0.25, 0.3) is 0 Å². The molecule has 0 fully saturated rings. The first-order valence-corrected chi connectivity index (χ1v) is 4.45. The number of nitrogens with two attached hydrogens (primary N) is 1. The van der Waals surface area contributed by atoms with Crippen LogP contribution in [-0.2, 0) is 0 Å². The molecule has 2 heterocycles. The fourth-order valence-corrected chi connectivity index (χ4v) is 1.49. The third kappa shape index (κ3) is 1.28. The molecule has 0 amide bonds. The Hall–Kier alpha value is -1.42. The van der Waals surface area contributed by atoms with Crippen molar-refractivity contribution in [2.24, 2.45) is 0 Å². The highest BCUT2D eigenvalue weighted by atomic mass is 35.5. The number of anilines is 1. The molecule has 0 unspecified atom stereocenters. The Kier molecular flexibility index (Phi) is 2.00.